The van der Waals surface area contributed by atoms with Crippen LogP contribution in [-0.2, 0) is 13.1 Å². The van der Waals surface area contributed by atoms with Gasteiger partial charge in [-0.1, -0.05) is 12.1 Å². The van der Waals surface area contributed by atoms with Crippen molar-refractivity contribution >= 4 is 11.6 Å². The Balaban J connectivity index is 1.82. The minimum atomic E-state index is -0.416. The van der Waals surface area contributed by atoms with Crippen LogP contribution in [0.25, 0.3) is 0 Å². The summed E-state index contributed by atoms with van der Waals surface area (Å²) in [6.45, 7) is 3.42. The molecule has 0 bridgehead atoms. The van der Waals surface area contributed by atoms with Crippen LogP contribution in [0.5, 0.6) is 0 Å². The number of hydrogen-bond acceptors (Lipinski definition) is 2. The molecule has 1 heterocycles. The maximum absolute atomic E-state index is 13.7. The highest BCUT2D eigenvalue weighted by molar-refractivity contribution is 6.04. The van der Waals surface area contributed by atoms with Crippen molar-refractivity contribution in [3.63, 3.8) is 0 Å². The minimum absolute atomic E-state index is 0.208. The van der Waals surface area contributed by atoms with Crippen molar-refractivity contribution in [3.05, 3.63) is 64.5 Å². The second-order valence-electron chi connectivity index (χ2n) is 5.02. The van der Waals surface area contributed by atoms with Gasteiger partial charge in [-0.25, -0.2) is 4.39 Å². The zero-order valence-electron chi connectivity index (χ0n) is 11.2. The molecule has 3 rings (SSSR count). The van der Waals surface area contributed by atoms with Crippen LogP contribution in [0.4, 0.5) is 10.1 Å². The highest BCUT2D eigenvalue weighted by Crippen LogP contribution is 2.19. The van der Waals surface area contributed by atoms with Gasteiger partial charge in [0.1, 0.15) is 5.82 Å². The first-order valence-electron chi connectivity index (χ1n) is 6.53. The van der Waals surface area contributed by atoms with Gasteiger partial charge in [-0.3, -0.25) is 4.79 Å². The summed E-state index contributed by atoms with van der Waals surface area (Å²) in [6, 6.07) is 10.3. The molecule has 0 saturated heterocycles. The van der Waals surface area contributed by atoms with E-state index in [0.717, 1.165) is 24.2 Å². The lowest BCUT2D eigenvalue weighted by molar-refractivity contribution is 0.102. The van der Waals surface area contributed by atoms with Crippen molar-refractivity contribution < 1.29 is 9.18 Å². The molecule has 4 heteroatoms. The Hall–Kier alpha value is -2.20. The van der Waals surface area contributed by atoms with E-state index >= 15 is 0 Å². The first kappa shape index (κ1) is 12.8. The summed E-state index contributed by atoms with van der Waals surface area (Å²) in [7, 11) is 0. The molecular formula is C16H15FN2O. The number of hydrogen-bond donors (Lipinski definition) is 2. The number of anilines is 1. The number of carbonyl (C=O) groups is 1. The van der Waals surface area contributed by atoms with Gasteiger partial charge in [0.15, 0.2) is 0 Å². The maximum Gasteiger partial charge on any atom is 0.255 e. The predicted molar refractivity (Wildman–Crippen MR) is 76.1 cm³/mol. The third-order valence-corrected chi connectivity index (χ3v) is 3.47. The summed E-state index contributed by atoms with van der Waals surface area (Å²) in [4.78, 5) is 12.2. The Morgan fingerprint density at radius 3 is 2.75 bits per heavy atom. The molecule has 3 nitrogen and oxygen atoms in total. The lowest BCUT2D eigenvalue weighted by Crippen LogP contribution is -2.13. The summed E-state index contributed by atoms with van der Waals surface area (Å²) < 4.78 is 13.7. The van der Waals surface area contributed by atoms with Crippen LogP contribution in [-0.4, -0.2) is 5.91 Å². The molecule has 0 atom stereocenters. The molecule has 1 aliphatic rings. The van der Waals surface area contributed by atoms with Crippen LogP contribution in [0.1, 0.15) is 27.0 Å². The highest BCUT2D eigenvalue weighted by atomic mass is 19.1. The van der Waals surface area contributed by atoms with E-state index in [0.29, 0.717) is 5.56 Å². The monoisotopic (exact) mass is 270 g/mol. The molecule has 1 aliphatic heterocycles. The SMILES string of the molecule is Cc1ccc(NC(=O)c2ccc3c(c2)CNC3)c(F)c1. The van der Waals surface area contributed by atoms with E-state index in [1.807, 2.05) is 19.1 Å². The fourth-order valence-electron chi connectivity index (χ4n) is 2.35. The van der Waals surface area contributed by atoms with Gasteiger partial charge in [-0.05, 0) is 47.9 Å². The molecule has 102 valence electrons. The van der Waals surface area contributed by atoms with Crippen molar-refractivity contribution in [1.29, 1.82) is 0 Å². The van der Waals surface area contributed by atoms with Gasteiger partial charge in [0.25, 0.3) is 5.91 Å². The van der Waals surface area contributed by atoms with Crippen molar-refractivity contribution in [2.24, 2.45) is 0 Å². The molecule has 0 spiro atoms. The Morgan fingerprint density at radius 1 is 1.15 bits per heavy atom. The van der Waals surface area contributed by atoms with Crippen molar-refractivity contribution in [2.45, 2.75) is 20.0 Å². The predicted octanol–water partition coefficient (Wildman–Crippen LogP) is 2.99. The number of halogens is 1. The van der Waals surface area contributed by atoms with Crippen LogP contribution in [0, 0.1) is 12.7 Å². The first-order chi connectivity index (χ1) is 9.63. The number of carbonyl (C=O) groups excluding carboxylic acids is 1. The van der Waals surface area contributed by atoms with Gasteiger partial charge < -0.3 is 10.6 Å². The number of fused-ring (bicyclic) bond motifs is 1. The van der Waals surface area contributed by atoms with E-state index in [-0.39, 0.29) is 11.6 Å². The first-order valence-corrected chi connectivity index (χ1v) is 6.53. The van der Waals surface area contributed by atoms with Crippen molar-refractivity contribution in [1.82, 2.24) is 5.32 Å². The quantitative estimate of drug-likeness (QED) is 0.880. The second kappa shape index (κ2) is 5.06. The number of aryl methyl sites for hydroxylation is 1. The van der Waals surface area contributed by atoms with E-state index in [1.54, 1.807) is 18.2 Å². The van der Waals surface area contributed by atoms with Crippen LogP contribution in [0.15, 0.2) is 36.4 Å². The van der Waals surface area contributed by atoms with E-state index < -0.39 is 5.82 Å². The summed E-state index contributed by atoms with van der Waals surface area (Å²) in [5, 5.41) is 5.84. The Kier molecular flexibility index (Phi) is 3.24. The van der Waals surface area contributed by atoms with Crippen LogP contribution >= 0.6 is 0 Å². The van der Waals surface area contributed by atoms with E-state index in [1.165, 1.54) is 11.6 Å². The summed E-state index contributed by atoms with van der Waals surface area (Å²) in [5.41, 5.74) is 3.92. The zero-order valence-corrected chi connectivity index (χ0v) is 11.2. The normalized spacial score (nSPS) is 13.1. The second-order valence-corrected chi connectivity index (χ2v) is 5.02. The van der Waals surface area contributed by atoms with E-state index in [2.05, 4.69) is 10.6 Å². The van der Waals surface area contributed by atoms with Gasteiger partial charge in [0, 0.05) is 18.7 Å². The zero-order chi connectivity index (χ0) is 14.1. The van der Waals surface area contributed by atoms with Crippen LogP contribution < -0.4 is 10.6 Å². The van der Waals surface area contributed by atoms with Gasteiger partial charge >= 0.3 is 0 Å². The number of amides is 1. The molecule has 0 aliphatic carbocycles. The largest absolute Gasteiger partial charge is 0.319 e. The summed E-state index contributed by atoms with van der Waals surface area (Å²) in [6.07, 6.45) is 0. The average Bonchev–Trinajstić information content (AvgIpc) is 2.89. The minimum Gasteiger partial charge on any atom is -0.319 e. The Morgan fingerprint density at radius 2 is 1.95 bits per heavy atom. The van der Waals surface area contributed by atoms with Crippen molar-refractivity contribution in [2.75, 3.05) is 5.32 Å². The Bertz CT molecular complexity index is 682. The molecule has 2 aromatic rings. The van der Waals surface area contributed by atoms with E-state index in [9.17, 15) is 9.18 Å². The molecule has 0 saturated carbocycles. The molecular weight excluding hydrogens is 255 g/mol. The Labute approximate surface area is 116 Å². The third kappa shape index (κ3) is 2.42. The number of nitrogens with one attached hydrogen (secondary N) is 2. The number of benzene rings is 2. The van der Waals surface area contributed by atoms with Crippen LogP contribution in [0.2, 0.25) is 0 Å². The van der Waals surface area contributed by atoms with Crippen LogP contribution in [0.3, 0.4) is 0 Å². The van der Waals surface area contributed by atoms with E-state index in [4.69, 9.17) is 0 Å². The smallest absolute Gasteiger partial charge is 0.255 e. The van der Waals surface area contributed by atoms with Gasteiger partial charge in [-0.15, -0.1) is 0 Å². The van der Waals surface area contributed by atoms with Crippen molar-refractivity contribution in [3.8, 4) is 0 Å². The highest BCUT2D eigenvalue weighted by Gasteiger charge is 2.14. The fraction of sp³-hybridized carbons (Fsp3) is 0.188. The maximum atomic E-state index is 13.7. The molecule has 0 radical (unpaired) electrons. The molecule has 1 amide bonds. The third-order valence-electron chi connectivity index (χ3n) is 3.47. The molecule has 2 aromatic carbocycles. The molecule has 0 fully saturated rings. The topological polar surface area (TPSA) is 41.1 Å². The average molecular weight is 270 g/mol. The fourth-order valence-corrected chi connectivity index (χ4v) is 2.35. The lowest BCUT2D eigenvalue weighted by Gasteiger charge is -2.08. The summed E-state index contributed by atoms with van der Waals surface area (Å²) in [5.74, 6) is -0.705. The molecule has 2 N–H and O–H groups in total. The standard InChI is InChI=1S/C16H15FN2O/c1-10-2-5-15(14(17)6-10)19-16(20)11-3-4-12-8-18-9-13(12)7-11/h2-7,18H,8-9H2,1H3,(H,19,20). The van der Waals surface area contributed by atoms with Gasteiger partial charge in [0.2, 0.25) is 0 Å². The van der Waals surface area contributed by atoms with Gasteiger partial charge in [-0.2, -0.15) is 0 Å². The number of rotatable bonds is 2. The molecule has 0 unspecified atom stereocenters. The lowest BCUT2D eigenvalue weighted by atomic mass is 10.1. The van der Waals surface area contributed by atoms with Gasteiger partial charge in [0.05, 0.1) is 5.69 Å². The summed E-state index contributed by atoms with van der Waals surface area (Å²) >= 11 is 0. The molecule has 20 heavy (non-hydrogen) atoms. The molecule has 0 aromatic heterocycles.